The summed E-state index contributed by atoms with van der Waals surface area (Å²) < 4.78 is 20.4. The zero-order valence-corrected chi connectivity index (χ0v) is 29.0. The van der Waals surface area contributed by atoms with Gasteiger partial charge in [-0.25, -0.2) is 0 Å². The molecule has 8 aromatic carbocycles. The standard InChI is InChI=1S/C48H31N2OP/c51-52(36-15-5-2-6-16-36)46-22-12-9-18-39(46)40-29-30-44-47(48(40)52)41-19-8-11-21-43(41)49(44)35-26-23-32(24-27-35)33-25-28-38-37-17-7-10-20-42(37)50(45(38)31-33)34-13-3-1-4-14-34/h1-31H. The first-order chi connectivity index (χ1) is 25.7. The zero-order chi connectivity index (χ0) is 34.4. The Morgan fingerprint density at radius 1 is 0.385 bits per heavy atom. The molecule has 0 aliphatic carbocycles. The normalized spacial score (nSPS) is 15.1. The summed E-state index contributed by atoms with van der Waals surface area (Å²) in [6, 6.07) is 66.2. The van der Waals surface area contributed by atoms with Crippen LogP contribution in [0, 0.1) is 0 Å². The summed E-state index contributed by atoms with van der Waals surface area (Å²) >= 11 is 0. The van der Waals surface area contributed by atoms with E-state index in [0.717, 1.165) is 65.8 Å². The summed E-state index contributed by atoms with van der Waals surface area (Å²) in [7, 11) is -3.15. The number of nitrogens with zero attached hydrogens (tertiary/aromatic N) is 2. The fourth-order valence-electron chi connectivity index (χ4n) is 8.68. The molecule has 1 atom stereocenters. The molecule has 1 aliphatic heterocycles. The van der Waals surface area contributed by atoms with Gasteiger partial charge in [0.2, 0.25) is 0 Å². The van der Waals surface area contributed by atoms with Crippen LogP contribution in [0.5, 0.6) is 0 Å². The van der Waals surface area contributed by atoms with E-state index in [0.29, 0.717) is 0 Å². The Labute approximate surface area is 301 Å². The van der Waals surface area contributed by atoms with Crippen molar-refractivity contribution < 1.29 is 4.57 Å². The third-order valence-electron chi connectivity index (χ3n) is 10.9. The van der Waals surface area contributed by atoms with Gasteiger partial charge in [-0.2, -0.15) is 0 Å². The first-order valence-electron chi connectivity index (χ1n) is 17.7. The Bertz CT molecular complexity index is 3080. The summed E-state index contributed by atoms with van der Waals surface area (Å²) in [4.78, 5) is 0. The molecule has 1 aliphatic rings. The van der Waals surface area contributed by atoms with Crippen molar-refractivity contribution in [3.63, 3.8) is 0 Å². The van der Waals surface area contributed by atoms with E-state index in [-0.39, 0.29) is 0 Å². The van der Waals surface area contributed by atoms with E-state index < -0.39 is 7.14 Å². The van der Waals surface area contributed by atoms with Crippen molar-refractivity contribution in [3.05, 3.63) is 188 Å². The summed E-state index contributed by atoms with van der Waals surface area (Å²) in [6.07, 6.45) is 0. The first kappa shape index (κ1) is 29.3. The van der Waals surface area contributed by atoms with Gasteiger partial charge in [0.1, 0.15) is 0 Å². The number of aromatic nitrogens is 2. The van der Waals surface area contributed by atoms with E-state index in [2.05, 4.69) is 161 Å². The van der Waals surface area contributed by atoms with Crippen molar-refractivity contribution in [2.45, 2.75) is 0 Å². The summed E-state index contributed by atoms with van der Waals surface area (Å²) in [5.74, 6) is 0. The molecular weight excluding hydrogens is 652 g/mol. The molecule has 0 amide bonds. The number of rotatable bonds is 4. The molecule has 0 N–H and O–H groups in total. The third kappa shape index (κ3) is 4.00. The third-order valence-corrected chi connectivity index (χ3v) is 14.1. The van der Waals surface area contributed by atoms with E-state index in [9.17, 15) is 0 Å². The van der Waals surface area contributed by atoms with Crippen LogP contribution in [0.2, 0.25) is 0 Å². The smallest absolute Gasteiger partial charge is 0.172 e. The highest BCUT2D eigenvalue weighted by molar-refractivity contribution is 7.86. The highest BCUT2D eigenvalue weighted by atomic mass is 31.2. The van der Waals surface area contributed by atoms with Crippen LogP contribution in [0.1, 0.15) is 0 Å². The van der Waals surface area contributed by atoms with E-state index in [1.165, 1.54) is 27.4 Å². The molecule has 0 saturated heterocycles. The highest BCUT2D eigenvalue weighted by Crippen LogP contribution is 2.55. The summed E-state index contributed by atoms with van der Waals surface area (Å²) in [6.45, 7) is 0. The summed E-state index contributed by atoms with van der Waals surface area (Å²) in [5, 5.41) is 7.42. The number of hydrogen-bond donors (Lipinski definition) is 0. The molecule has 10 aromatic rings. The van der Waals surface area contributed by atoms with Crippen LogP contribution in [0.4, 0.5) is 0 Å². The average Bonchev–Trinajstić information content (AvgIpc) is 3.82. The SMILES string of the molecule is O=P1(c2ccccc2)c2ccccc2-c2ccc3c(c21)c1ccccc1n3-c1ccc(-c2ccc3c4ccccc4n(-c4ccccc4)c3c2)cc1. The van der Waals surface area contributed by atoms with Gasteiger partial charge in [-0.05, 0) is 70.8 Å². The molecule has 2 aromatic heterocycles. The molecule has 0 radical (unpaired) electrons. The molecule has 0 fully saturated rings. The van der Waals surface area contributed by atoms with Crippen molar-refractivity contribution in [3.8, 4) is 33.6 Å². The average molecular weight is 683 g/mol. The lowest BCUT2D eigenvalue weighted by atomic mass is 10.0. The summed E-state index contributed by atoms with van der Waals surface area (Å²) in [5.41, 5.74) is 11.2. The predicted octanol–water partition coefficient (Wildman–Crippen LogP) is 11.2. The monoisotopic (exact) mass is 682 g/mol. The van der Waals surface area contributed by atoms with Crippen LogP contribution in [0.15, 0.2) is 188 Å². The van der Waals surface area contributed by atoms with E-state index >= 15 is 4.57 Å². The van der Waals surface area contributed by atoms with E-state index in [1.807, 2.05) is 36.4 Å². The molecular formula is C48H31N2OP. The van der Waals surface area contributed by atoms with Crippen molar-refractivity contribution in [2.24, 2.45) is 0 Å². The fourth-order valence-corrected chi connectivity index (χ4v) is 12.0. The van der Waals surface area contributed by atoms with Crippen LogP contribution < -0.4 is 15.9 Å². The molecule has 0 saturated carbocycles. The first-order valence-corrected chi connectivity index (χ1v) is 19.4. The van der Waals surface area contributed by atoms with Gasteiger partial charge in [0.25, 0.3) is 0 Å². The van der Waals surface area contributed by atoms with E-state index in [4.69, 9.17) is 0 Å². The Balaban J connectivity index is 1.10. The number of hydrogen-bond acceptors (Lipinski definition) is 1. The predicted molar refractivity (Wildman–Crippen MR) is 219 cm³/mol. The lowest BCUT2D eigenvalue weighted by Gasteiger charge is -2.17. The maximum absolute atomic E-state index is 15.7. The molecule has 52 heavy (non-hydrogen) atoms. The van der Waals surface area contributed by atoms with Crippen molar-refractivity contribution in [1.29, 1.82) is 0 Å². The minimum absolute atomic E-state index is 0.873. The molecule has 244 valence electrons. The Morgan fingerprint density at radius 2 is 0.962 bits per heavy atom. The van der Waals surface area contributed by atoms with Crippen molar-refractivity contribution in [2.75, 3.05) is 0 Å². The molecule has 11 rings (SSSR count). The van der Waals surface area contributed by atoms with Gasteiger partial charge in [0, 0.05) is 48.8 Å². The van der Waals surface area contributed by atoms with Crippen molar-refractivity contribution >= 4 is 66.7 Å². The van der Waals surface area contributed by atoms with Gasteiger partial charge in [0.15, 0.2) is 7.14 Å². The lowest BCUT2D eigenvalue weighted by Crippen LogP contribution is -2.21. The second-order valence-electron chi connectivity index (χ2n) is 13.6. The number of para-hydroxylation sites is 3. The molecule has 3 heterocycles. The fraction of sp³-hybridized carbons (Fsp3) is 0. The highest BCUT2D eigenvalue weighted by Gasteiger charge is 2.42. The Kier molecular flexibility index (Phi) is 6.23. The topological polar surface area (TPSA) is 26.9 Å². The minimum Gasteiger partial charge on any atom is -0.309 e. The van der Waals surface area contributed by atoms with Crippen LogP contribution in [0.3, 0.4) is 0 Å². The van der Waals surface area contributed by atoms with Crippen LogP contribution in [-0.2, 0) is 4.57 Å². The molecule has 3 nitrogen and oxygen atoms in total. The quantitative estimate of drug-likeness (QED) is 0.170. The second-order valence-corrected chi connectivity index (χ2v) is 16.3. The van der Waals surface area contributed by atoms with Gasteiger partial charge >= 0.3 is 0 Å². The maximum Gasteiger partial charge on any atom is 0.172 e. The van der Waals surface area contributed by atoms with Gasteiger partial charge in [0.05, 0.1) is 22.1 Å². The maximum atomic E-state index is 15.7. The van der Waals surface area contributed by atoms with Gasteiger partial charge in [-0.3, -0.25) is 0 Å². The van der Waals surface area contributed by atoms with E-state index in [1.54, 1.807) is 0 Å². The van der Waals surface area contributed by atoms with Crippen LogP contribution in [0.25, 0.3) is 77.2 Å². The van der Waals surface area contributed by atoms with Gasteiger partial charge in [-0.1, -0.05) is 140 Å². The molecule has 0 bridgehead atoms. The second kappa shape index (κ2) is 11.0. The van der Waals surface area contributed by atoms with Crippen LogP contribution >= 0.6 is 7.14 Å². The largest absolute Gasteiger partial charge is 0.309 e. The molecule has 0 spiro atoms. The van der Waals surface area contributed by atoms with Crippen molar-refractivity contribution in [1.82, 2.24) is 9.13 Å². The van der Waals surface area contributed by atoms with Gasteiger partial charge < -0.3 is 13.7 Å². The Hall–Kier alpha value is -6.41. The number of benzene rings is 8. The van der Waals surface area contributed by atoms with Crippen LogP contribution in [-0.4, -0.2) is 9.13 Å². The minimum atomic E-state index is -3.15. The Morgan fingerprint density at radius 3 is 1.75 bits per heavy atom. The zero-order valence-electron chi connectivity index (χ0n) is 28.1. The number of fused-ring (bicyclic) bond motifs is 10. The molecule has 1 unspecified atom stereocenters. The molecule has 4 heteroatoms. The van der Waals surface area contributed by atoms with Gasteiger partial charge in [-0.15, -0.1) is 0 Å². The lowest BCUT2D eigenvalue weighted by molar-refractivity contribution is 0.593.